The molecule has 29 heavy (non-hydrogen) atoms. The number of carbonyl (C=O) groups is 1. The lowest BCUT2D eigenvalue weighted by molar-refractivity contribution is -0.115. The first-order valence-corrected chi connectivity index (χ1v) is 12.0. The molecule has 4 fully saturated rings. The van der Waals surface area contributed by atoms with Gasteiger partial charge in [-0.15, -0.1) is 11.3 Å². The van der Waals surface area contributed by atoms with Crippen LogP contribution in [0.25, 0.3) is 0 Å². The molecule has 1 aromatic carbocycles. The number of nitrogens with one attached hydrogen (secondary N) is 2. The molecule has 2 N–H and O–H groups in total. The maximum Gasteiger partial charge on any atom is 0.230 e. The van der Waals surface area contributed by atoms with Crippen LogP contribution in [-0.2, 0) is 11.2 Å². The summed E-state index contributed by atoms with van der Waals surface area (Å²) >= 11 is 1.64. The topological polar surface area (TPSA) is 54.0 Å². The summed E-state index contributed by atoms with van der Waals surface area (Å²) in [6.07, 6.45) is 8.51. The molecule has 0 aliphatic heterocycles. The van der Waals surface area contributed by atoms with Crippen LogP contribution in [0.1, 0.15) is 69.0 Å². The van der Waals surface area contributed by atoms with E-state index in [1.165, 1.54) is 38.5 Å². The summed E-state index contributed by atoms with van der Waals surface area (Å²) in [4.78, 5) is 17.3. The van der Waals surface area contributed by atoms with E-state index in [-0.39, 0.29) is 11.4 Å². The third-order valence-corrected chi connectivity index (χ3v) is 8.24. The van der Waals surface area contributed by atoms with Crippen molar-refractivity contribution in [1.82, 2.24) is 4.98 Å². The van der Waals surface area contributed by atoms with Crippen molar-refractivity contribution in [2.75, 3.05) is 10.6 Å². The normalized spacial score (nSPS) is 30.0. The Morgan fingerprint density at radius 1 is 1.10 bits per heavy atom. The second-order valence-corrected chi connectivity index (χ2v) is 10.8. The Kier molecular flexibility index (Phi) is 4.89. The summed E-state index contributed by atoms with van der Waals surface area (Å²) in [5.41, 5.74) is 3.07. The van der Waals surface area contributed by atoms with Crippen LogP contribution >= 0.6 is 11.3 Å². The van der Waals surface area contributed by atoms with Gasteiger partial charge >= 0.3 is 0 Å². The molecule has 1 heterocycles. The lowest BCUT2D eigenvalue weighted by atomic mass is 9.53. The van der Waals surface area contributed by atoms with Crippen molar-refractivity contribution in [2.45, 2.75) is 70.3 Å². The number of nitrogens with zero attached hydrogens (tertiary/aromatic N) is 1. The van der Waals surface area contributed by atoms with Gasteiger partial charge in [-0.05, 0) is 68.4 Å². The largest absolute Gasteiger partial charge is 0.378 e. The SMILES string of the molecule is CC(C)c1nc(CC(=O)Nc2ccccc2NC23CC4CC(CC(C4)C2)C3)cs1. The van der Waals surface area contributed by atoms with Gasteiger partial charge in [0.05, 0.1) is 28.5 Å². The molecule has 4 aliphatic rings. The molecular formula is C24H31N3OS. The van der Waals surface area contributed by atoms with Crippen LogP contribution < -0.4 is 10.6 Å². The molecule has 4 saturated carbocycles. The lowest BCUT2D eigenvalue weighted by Crippen LogP contribution is -2.54. The van der Waals surface area contributed by atoms with Crippen LogP contribution in [0.3, 0.4) is 0 Å². The second kappa shape index (κ2) is 7.42. The Morgan fingerprint density at radius 3 is 2.31 bits per heavy atom. The Balaban J connectivity index is 1.29. The van der Waals surface area contributed by atoms with E-state index in [1.54, 1.807) is 11.3 Å². The van der Waals surface area contributed by atoms with E-state index in [2.05, 4.69) is 41.6 Å². The van der Waals surface area contributed by atoms with E-state index in [0.717, 1.165) is 39.8 Å². The molecule has 0 unspecified atom stereocenters. The number of benzene rings is 1. The molecule has 4 nitrogen and oxygen atoms in total. The van der Waals surface area contributed by atoms with Crippen LogP contribution in [0.2, 0.25) is 0 Å². The van der Waals surface area contributed by atoms with E-state index >= 15 is 0 Å². The van der Waals surface area contributed by atoms with Crippen molar-refractivity contribution < 1.29 is 4.79 Å². The van der Waals surface area contributed by atoms with Gasteiger partial charge in [0.2, 0.25) is 5.91 Å². The van der Waals surface area contributed by atoms with Gasteiger partial charge < -0.3 is 10.6 Å². The number of aromatic nitrogens is 1. The van der Waals surface area contributed by atoms with Crippen molar-refractivity contribution in [1.29, 1.82) is 0 Å². The molecule has 0 saturated heterocycles. The summed E-state index contributed by atoms with van der Waals surface area (Å²) in [6, 6.07) is 8.20. The summed E-state index contributed by atoms with van der Waals surface area (Å²) in [5, 5.41) is 10.2. The fraction of sp³-hybridized carbons (Fsp3) is 0.583. The van der Waals surface area contributed by atoms with E-state index in [4.69, 9.17) is 0 Å². The van der Waals surface area contributed by atoms with E-state index in [0.29, 0.717) is 12.3 Å². The highest BCUT2D eigenvalue weighted by atomic mass is 32.1. The number of anilines is 2. The summed E-state index contributed by atoms with van der Waals surface area (Å²) in [7, 11) is 0. The minimum absolute atomic E-state index is 0.00497. The van der Waals surface area contributed by atoms with Gasteiger partial charge in [0.25, 0.3) is 0 Å². The zero-order chi connectivity index (χ0) is 20.0. The van der Waals surface area contributed by atoms with Crippen molar-refractivity contribution in [2.24, 2.45) is 17.8 Å². The molecule has 0 spiro atoms. The quantitative estimate of drug-likeness (QED) is 0.631. The zero-order valence-electron chi connectivity index (χ0n) is 17.4. The number of rotatable bonds is 6. The van der Waals surface area contributed by atoms with Crippen molar-refractivity contribution in [3.8, 4) is 0 Å². The second-order valence-electron chi connectivity index (χ2n) is 9.93. The molecule has 4 bridgehead atoms. The van der Waals surface area contributed by atoms with Gasteiger partial charge in [0.1, 0.15) is 0 Å². The highest BCUT2D eigenvalue weighted by Gasteiger charge is 2.51. The van der Waals surface area contributed by atoms with Crippen molar-refractivity contribution >= 4 is 28.6 Å². The minimum atomic E-state index is 0.00497. The van der Waals surface area contributed by atoms with Gasteiger partial charge in [0.15, 0.2) is 0 Å². The molecule has 154 valence electrons. The first-order chi connectivity index (χ1) is 14.0. The molecule has 2 aromatic rings. The minimum Gasteiger partial charge on any atom is -0.378 e. The number of hydrogen-bond donors (Lipinski definition) is 2. The molecule has 0 radical (unpaired) electrons. The molecule has 1 aromatic heterocycles. The first-order valence-electron chi connectivity index (χ1n) is 11.1. The van der Waals surface area contributed by atoms with Gasteiger partial charge in [-0.1, -0.05) is 26.0 Å². The Morgan fingerprint density at radius 2 is 1.72 bits per heavy atom. The Bertz CT molecular complexity index is 868. The first kappa shape index (κ1) is 19.1. The average Bonchev–Trinajstić information content (AvgIpc) is 3.10. The number of hydrogen-bond acceptors (Lipinski definition) is 4. The maximum absolute atomic E-state index is 12.7. The van der Waals surface area contributed by atoms with Gasteiger partial charge in [-0.2, -0.15) is 0 Å². The van der Waals surface area contributed by atoms with Crippen LogP contribution in [0.15, 0.2) is 29.6 Å². The lowest BCUT2D eigenvalue weighted by Gasteiger charge is -2.57. The van der Waals surface area contributed by atoms with E-state index in [1.807, 2.05) is 17.5 Å². The predicted molar refractivity (Wildman–Crippen MR) is 120 cm³/mol. The average molecular weight is 410 g/mol. The standard InChI is InChI=1S/C24H31N3OS/c1-15(2)23-25-19(14-29-23)10-22(28)26-20-5-3-4-6-21(20)27-24-11-16-7-17(12-24)9-18(8-16)13-24/h3-6,14-18,27H,7-13H2,1-2H3,(H,26,28). The van der Waals surface area contributed by atoms with Gasteiger partial charge in [-0.3, -0.25) is 4.79 Å². The van der Waals surface area contributed by atoms with Crippen LogP contribution in [0, 0.1) is 17.8 Å². The van der Waals surface area contributed by atoms with Crippen molar-refractivity contribution in [3.05, 3.63) is 40.3 Å². The Labute approximate surface area is 177 Å². The molecule has 1 amide bonds. The molecule has 6 rings (SSSR count). The number of carbonyl (C=O) groups excluding carboxylic acids is 1. The highest BCUT2D eigenvalue weighted by molar-refractivity contribution is 7.09. The number of para-hydroxylation sites is 2. The third-order valence-electron chi connectivity index (χ3n) is 7.04. The molecular weight excluding hydrogens is 378 g/mol. The molecule has 5 heteroatoms. The fourth-order valence-electron chi connectivity index (χ4n) is 6.28. The summed E-state index contributed by atoms with van der Waals surface area (Å²) < 4.78 is 0. The van der Waals surface area contributed by atoms with E-state index in [9.17, 15) is 4.79 Å². The maximum atomic E-state index is 12.7. The van der Waals surface area contributed by atoms with Crippen LogP contribution in [0.5, 0.6) is 0 Å². The Hall–Kier alpha value is -1.88. The van der Waals surface area contributed by atoms with Crippen molar-refractivity contribution in [3.63, 3.8) is 0 Å². The summed E-state index contributed by atoms with van der Waals surface area (Å²) in [6.45, 7) is 4.27. The molecule has 0 atom stereocenters. The van der Waals surface area contributed by atoms with Gasteiger partial charge in [0, 0.05) is 16.8 Å². The highest BCUT2D eigenvalue weighted by Crippen LogP contribution is 2.56. The van der Waals surface area contributed by atoms with Crippen LogP contribution in [-0.4, -0.2) is 16.4 Å². The van der Waals surface area contributed by atoms with Gasteiger partial charge in [-0.25, -0.2) is 4.98 Å². The fourth-order valence-corrected chi connectivity index (χ4v) is 7.11. The smallest absolute Gasteiger partial charge is 0.230 e. The monoisotopic (exact) mass is 409 g/mol. The molecule has 4 aliphatic carbocycles. The third kappa shape index (κ3) is 3.94. The van der Waals surface area contributed by atoms with Crippen LogP contribution in [0.4, 0.5) is 11.4 Å². The summed E-state index contributed by atoms with van der Waals surface area (Å²) in [5.74, 6) is 3.10. The zero-order valence-corrected chi connectivity index (χ0v) is 18.2. The van der Waals surface area contributed by atoms with E-state index < -0.39 is 0 Å². The predicted octanol–water partition coefficient (Wildman–Crippen LogP) is 5.83. The number of amides is 1. The number of thiazole rings is 1.